The number of rotatable bonds is 5. The van der Waals surface area contributed by atoms with Crippen molar-refractivity contribution in [2.24, 2.45) is 0 Å². The maximum atomic E-state index is 12.4. The van der Waals surface area contributed by atoms with Crippen LogP contribution in [0.4, 0.5) is 0 Å². The SMILES string of the molecule is Cc1ccc(-c2cnc(SCc3cc(=O)n4nc(C)sc4n3)n2-c2ccccc2)cc1. The first kappa shape index (κ1) is 19.7. The molecular formula is C23H19N5OS2. The monoisotopic (exact) mass is 445 g/mol. The summed E-state index contributed by atoms with van der Waals surface area (Å²) in [6, 6.07) is 20.2. The lowest BCUT2D eigenvalue weighted by atomic mass is 10.1. The molecule has 0 aliphatic rings. The minimum Gasteiger partial charge on any atom is -0.287 e. The van der Waals surface area contributed by atoms with E-state index in [1.54, 1.807) is 17.8 Å². The first-order valence-electron chi connectivity index (χ1n) is 9.78. The molecule has 8 heteroatoms. The predicted octanol–water partition coefficient (Wildman–Crippen LogP) is 4.91. The Morgan fingerprint density at radius 1 is 1.03 bits per heavy atom. The molecule has 3 heterocycles. The normalized spacial score (nSPS) is 11.3. The molecule has 0 saturated heterocycles. The molecule has 154 valence electrons. The molecule has 6 nitrogen and oxygen atoms in total. The van der Waals surface area contributed by atoms with Crippen molar-refractivity contribution >= 4 is 28.1 Å². The Morgan fingerprint density at radius 3 is 2.58 bits per heavy atom. The lowest BCUT2D eigenvalue weighted by Gasteiger charge is -2.12. The zero-order chi connectivity index (χ0) is 21.4. The highest BCUT2D eigenvalue weighted by Gasteiger charge is 2.15. The Bertz CT molecular complexity index is 1420. The Kier molecular flexibility index (Phi) is 5.17. The molecule has 0 atom stereocenters. The maximum absolute atomic E-state index is 12.4. The van der Waals surface area contributed by atoms with Crippen LogP contribution in [0.5, 0.6) is 0 Å². The fourth-order valence-electron chi connectivity index (χ4n) is 3.36. The summed E-state index contributed by atoms with van der Waals surface area (Å²) in [7, 11) is 0. The van der Waals surface area contributed by atoms with Crippen LogP contribution < -0.4 is 5.56 Å². The summed E-state index contributed by atoms with van der Waals surface area (Å²) >= 11 is 2.98. The van der Waals surface area contributed by atoms with Gasteiger partial charge in [0, 0.05) is 23.1 Å². The molecule has 5 rings (SSSR count). The van der Waals surface area contributed by atoms with E-state index >= 15 is 0 Å². The third-order valence-electron chi connectivity index (χ3n) is 4.84. The smallest absolute Gasteiger partial charge is 0.275 e. The first-order valence-corrected chi connectivity index (χ1v) is 11.6. The summed E-state index contributed by atoms with van der Waals surface area (Å²) in [6.07, 6.45) is 1.90. The minimum absolute atomic E-state index is 0.156. The van der Waals surface area contributed by atoms with Crippen LogP contribution in [0.1, 0.15) is 16.3 Å². The van der Waals surface area contributed by atoms with Crippen LogP contribution in [-0.2, 0) is 5.75 Å². The Labute approximate surface area is 187 Å². The number of para-hydroxylation sites is 1. The lowest BCUT2D eigenvalue weighted by molar-refractivity contribution is 0.870. The van der Waals surface area contributed by atoms with Gasteiger partial charge in [0.25, 0.3) is 5.56 Å². The van der Waals surface area contributed by atoms with Crippen molar-refractivity contribution < 1.29 is 0 Å². The van der Waals surface area contributed by atoms with Gasteiger partial charge < -0.3 is 0 Å². The third kappa shape index (κ3) is 3.92. The number of hydrogen-bond donors (Lipinski definition) is 0. The molecule has 0 aliphatic heterocycles. The van der Waals surface area contributed by atoms with Crippen molar-refractivity contribution in [3.63, 3.8) is 0 Å². The van der Waals surface area contributed by atoms with Crippen molar-refractivity contribution in [2.45, 2.75) is 24.8 Å². The van der Waals surface area contributed by atoms with Gasteiger partial charge in [0.2, 0.25) is 4.96 Å². The van der Waals surface area contributed by atoms with E-state index in [-0.39, 0.29) is 5.56 Å². The molecule has 0 amide bonds. The quantitative estimate of drug-likeness (QED) is 0.360. The van der Waals surface area contributed by atoms with Gasteiger partial charge in [-0.3, -0.25) is 9.36 Å². The summed E-state index contributed by atoms with van der Waals surface area (Å²) in [4.78, 5) is 22.3. The largest absolute Gasteiger partial charge is 0.287 e. The molecule has 5 aromatic rings. The van der Waals surface area contributed by atoms with Gasteiger partial charge >= 0.3 is 0 Å². The van der Waals surface area contributed by atoms with E-state index in [1.165, 1.54) is 21.4 Å². The van der Waals surface area contributed by atoms with Crippen LogP contribution in [0.15, 0.2) is 76.8 Å². The maximum Gasteiger partial charge on any atom is 0.275 e. The summed E-state index contributed by atoms with van der Waals surface area (Å²) < 4.78 is 3.51. The average molecular weight is 446 g/mol. The fraction of sp³-hybridized carbons (Fsp3) is 0.130. The molecule has 0 radical (unpaired) electrons. The van der Waals surface area contributed by atoms with Crippen molar-refractivity contribution in [3.8, 4) is 16.9 Å². The predicted molar refractivity (Wildman–Crippen MR) is 125 cm³/mol. The topological polar surface area (TPSA) is 65.1 Å². The number of aryl methyl sites for hydroxylation is 2. The van der Waals surface area contributed by atoms with Crippen molar-refractivity contribution in [3.05, 3.63) is 93.5 Å². The fourth-order valence-corrected chi connectivity index (χ4v) is 5.01. The molecule has 0 fully saturated rings. The minimum atomic E-state index is -0.156. The van der Waals surface area contributed by atoms with Crippen LogP contribution >= 0.6 is 23.1 Å². The van der Waals surface area contributed by atoms with Gasteiger partial charge in [0.15, 0.2) is 5.16 Å². The van der Waals surface area contributed by atoms with Crippen molar-refractivity contribution in [1.29, 1.82) is 0 Å². The standard InChI is InChI=1S/C23H19N5OS2/c1-15-8-10-17(11-9-15)20-13-24-22(27(20)19-6-4-3-5-7-19)30-14-18-12-21(29)28-23(25-18)31-16(2)26-28/h3-13H,14H2,1-2H3. The zero-order valence-electron chi connectivity index (χ0n) is 17.0. The Morgan fingerprint density at radius 2 is 1.81 bits per heavy atom. The molecule has 0 bridgehead atoms. The first-order chi connectivity index (χ1) is 15.1. The van der Waals surface area contributed by atoms with Gasteiger partial charge in [-0.05, 0) is 26.0 Å². The summed E-state index contributed by atoms with van der Waals surface area (Å²) in [5, 5.41) is 5.87. The number of benzene rings is 2. The van der Waals surface area contributed by atoms with Crippen molar-refractivity contribution in [2.75, 3.05) is 0 Å². The van der Waals surface area contributed by atoms with Crippen LogP contribution in [0, 0.1) is 13.8 Å². The summed E-state index contributed by atoms with van der Waals surface area (Å²) in [6.45, 7) is 3.95. The second-order valence-corrected chi connectivity index (χ2v) is 9.26. The van der Waals surface area contributed by atoms with Gasteiger partial charge in [-0.15, -0.1) is 0 Å². The Hall–Kier alpha value is -3.23. The molecule has 0 saturated carbocycles. The number of imidazole rings is 1. The lowest BCUT2D eigenvalue weighted by Crippen LogP contribution is -2.15. The Balaban J connectivity index is 1.52. The van der Waals surface area contributed by atoms with E-state index < -0.39 is 0 Å². The molecule has 0 spiro atoms. The van der Waals surface area contributed by atoms with Crippen molar-refractivity contribution in [1.82, 2.24) is 24.1 Å². The van der Waals surface area contributed by atoms with Gasteiger partial charge in [-0.2, -0.15) is 9.61 Å². The highest BCUT2D eigenvalue weighted by atomic mass is 32.2. The average Bonchev–Trinajstić information content (AvgIpc) is 3.37. The number of nitrogens with zero attached hydrogens (tertiary/aromatic N) is 5. The van der Waals surface area contributed by atoms with E-state index in [0.717, 1.165) is 32.8 Å². The van der Waals surface area contributed by atoms with Gasteiger partial charge in [-0.1, -0.05) is 71.1 Å². The molecule has 2 aromatic carbocycles. The van der Waals surface area contributed by atoms with Crippen LogP contribution in [0.25, 0.3) is 21.9 Å². The molecule has 31 heavy (non-hydrogen) atoms. The summed E-state index contributed by atoms with van der Waals surface area (Å²) in [5.74, 6) is 0.542. The van der Waals surface area contributed by atoms with Crippen LogP contribution in [-0.4, -0.2) is 24.1 Å². The highest BCUT2D eigenvalue weighted by Crippen LogP contribution is 2.31. The third-order valence-corrected chi connectivity index (χ3v) is 6.65. The number of thioether (sulfide) groups is 1. The zero-order valence-corrected chi connectivity index (χ0v) is 18.7. The van der Waals surface area contributed by atoms with Crippen LogP contribution in [0.2, 0.25) is 0 Å². The number of fused-ring (bicyclic) bond motifs is 1. The molecule has 0 unspecified atom stereocenters. The van der Waals surface area contributed by atoms with Gasteiger partial charge in [0.05, 0.1) is 17.6 Å². The number of hydrogen-bond acceptors (Lipinski definition) is 6. The van der Waals surface area contributed by atoms with E-state index in [0.29, 0.717) is 10.7 Å². The van der Waals surface area contributed by atoms with E-state index in [4.69, 9.17) is 4.98 Å². The highest BCUT2D eigenvalue weighted by molar-refractivity contribution is 7.98. The van der Waals surface area contributed by atoms with Gasteiger partial charge in [-0.25, -0.2) is 9.97 Å². The van der Waals surface area contributed by atoms with Crippen LogP contribution in [0.3, 0.4) is 0 Å². The molecular weight excluding hydrogens is 426 g/mol. The van der Waals surface area contributed by atoms with Gasteiger partial charge in [0.1, 0.15) is 5.01 Å². The van der Waals surface area contributed by atoms with E-state index in [9.17, 15) is 4.79 Å². The second-order valence-electron chi connectivity index (χ2n) is 7.15. The molecule has 0 aliphatic carbocycles. The number of aromatic nitrogens is 5. The molecule has 3 aromatic heterocycles. The summed E-state index contributed by atoms with van der Waals surface area (Å²) in [5.41, 5.74) is 4.95. The second kappa shape index (κ2) is 8.13. The van der Waals surface area contributed by atoms with E-state index in [2.05, 4.69) is 58.0 Å². The van der Waals surface area contributed by atoms with E-state index in [1.807, 2.05) is 31.3 Å². The molecule has 0 N–H and O–H groups in total.